The summed E-state index contributed by atoms with van der Waals surface area (Å²) in [4.78, 5) is 2.45. The van der Waals surface area contributed by atoms with E-state index in [4.69, 9.17) is 0 Å². The Morgan fingerprint density at radius 2 is 1.89 bits per heavy atom. The van der Waals surface area contributed by atoms with E-state index in [0.717, 1.165) is 12.5 Å². The quantitative estimate of drug-likeness (QED) is 0.676. The SMILES string of the molecule is CNCC(C)CN(C)CCCCc1ccccc1. The Kier molecular flexibility index (Phi) is 7.70. The molecule has 2 nitrogen and oxygen atoms in total. The molecule has 0 saturated heterocycles. The smallest absolute Gasteiger partial charge is 0.00161 e. The fraction of sp³-hybridized carbons (Fsp3) is 0.625. The molecule has 0 spiro atoms. The van der Waals surface area contributed by atoms with Crippen molar-refractivity contribution >= 4 is 0 Å². The predicted molar refractivity (Wildman–Crippen MR) is 80.0 cm³/mol. The third-order valence-corrected chi connectivity index (χ3v) is 3.27. The van der Waals surface area contributed by atoms with E-state index >= 15 is 0 Å². The van der Waals surface area contributed by atoms with Crippen LogP contribution < -0.4 is 5.32 Å². The highest BCUT2D eigenvalue weighted by molar-refractivity contribution is 5.14. The normalized spacial score (nSPS) is 12.9. The molecule has 0 bridgehead atoms. The summed E-state index contributed by atoms with van der Waals surface area (Å²) in [5, 5.41) is 3.23. The number of unbranched alkanes of at least 4 members (excludes halogenated alkanes) is 1. The molecule has 0 aliphatic carbocycles. The van der Waals surface area contributed by atoms with Crippen molar-refractivity contribution in [1.82, 2.24) is 10.2 Å². The van der Waals surface area contributed by atoms with Crippen LogP contribution in [0.25, 0.3) is 0 Å². The second-order valence-corrected chi connectivity index (χ2v) is 5.37. The molecule has 0 fully saturated rings. The van der Waals surface area contributed by atoms with Crippen LogP contribution >= 0.6 is 0 Å². The van der Waals surface area contributed by atoms with Crippen molar-refractivity contribution in [2.75, 3.05) is 33.7 Å². The number of hydrogen-bond acceptors (Lipinski definition) is 2. The maximum Gasteiger partial charge on any atom is 0.00161 e. The zero-order valence-corrected chi connectivity index (χ0v) is 12.2. The van der Waals surface area contributed by atoms with Crippen LogP contribution in [-0.4, -0.2) is 38.6 Å². The van der Waals surface area contributed by atoms with Gasteiger partial charge in [-0.3, -0.25) is 0 Å². The minimum absolute atomic E-state index is 0.731. The molecule has 1 aromatic rings. The molecule has 0 heterocycles. The van der Waals surface area contributed by atoms with Crippen molar-refractivity contribution in [2.24, 2.45) is 5.92 Å². The first kappa shape index (κ1) is 15.2. The highest BCUT2D eigenvalue weighted by Crippen LogP contribution is 2.05. The highest BCUT2D eigenvalue weighted by atomic mass is 15.1. The summed E-state index contributed by atoms with van der Waals surface area (Å²) in [6.07, 6.45) is 3.78. The lowest BCUT2D eigenvalue weighted by Crippen LogP contribution is -2.30. The fourth-order valence-corrected chi connectivity index (χ4v) is 2.39. The van der Waals surface area contributed by atoms with Crippen molar-refractivity contribution in [3.8, 4) is 0 Å². The average Bonchev–Trinajstić information content (AvgIpc) is 2.36. The molecule has 0 aromatic heterocycles. The van der Waals surface area contributed by atoms with E-state index in [9.17, 15) is 0 Å². The van der Waals surface area contributed by atoms with Crippen LogP contribution in [0.15, 0.2) is 30.3 Å². The topological polar surface area (TPSA) is 15.3 Å². The first-order valence-electron chi connectivity index (χ1n) is 7.09. The summed E-state index contributed by atoms with van der Waals surface area (Å²) in [6, 6.07) is 10.8. The van der Waals surface area contributed by atoms with Gasteiger partial charge in [0.1, 0.15) is 0 Å². The highest BCUT2D eigenvalue weighted by Gasteiger charge is 2.04. The zero-order valence-electron chi connectivity index (χ0n) is 12.2. The molecule has 2 heteroatoms. The molecule has 0 aliphatic rings. The monoisotopic (exact) mass is 248 g/mol. The van der Waals surface area contributed by atoms with E-state index in [1.807, 2.05) is 7.05 Å². The van der Waals surface area contributed by atoms with Gasteiger partial charge in [-0.05, 0) is 57.9 Å². The fourth-order valence-electron chi connectivity index (χ4n) is 2.39. The summed E-state index contributed by atoms with van der Waals surface area (Å²) in [6.45, 7) is 5.80. The van der Waals surface area contributed by atoms with E-state index in [-0.39, 0.29) is 0 Å². The zero-order chi connectivity index (χ0) is 13.2. The Balaban J connectivity index is 2.07. The average molecular weight is 248 g/mol. The Morgan fingerprint density at radius 1 is 1.17 bits per heavy atom. The Morgan fingerprint density at radius 3 is 2.56 bits per heavy atom. The van der Waals surface area contributed by atoms with Crippen molar-refractivity contribution in [1.29, 1.82) is 0 Å². The molecule has 1 N–H and O–H groups in total. The van der Waals surface area contributed by atoms with Crippen molar-refractivity contribution < 1.29 is 0 Å². The third kappa shape index (κ3) is 6.77. The number of aryl methyl sites for hydroxylation is 1. The van der Waals surface area contributed by atoms with Gasteiger partial charge >= 0.3 is 0 Å². The molecule has 1 unspecified atom stereocenters. The van der Waals surface area contributed by atoms with Crippen molar-refractivity contribution in [2.45, 2.75) is 26.2 Å². The molecular weight excluding hydrogens is 220 g/mol. The van der Waals surface area contributed by atoms with Crippen LogP contribution in [0.1, 0.15) is 25.3 Å². The van der Waals surface area contributed by atoms with Gasteiger partial charge in [-0.2, -0.15) is 0 Å². The first-order chi connectivity index (χ1) is 8.72. The minimum atomic E-state index is 0.731. The van der Waals surface area contributed by atoms with Crippen LogP contribution in [0.3, 0.4) is 0 Å². The molecule has 0 radical (unpaired) electrons. The van der Waals surface area contributed by atoms with E-state index in [0.29, 0.717) is 0 Å². The van der Waals surface area contributed by atoms with E-state index in [1.165, 1.54) is 37.9 Å². The summed E-state index contributed by atoms with van der Waals surface area (Å²) >= 11 is 0. The van der Waals surface area contributed by atoms with Crippen molar-refractivity contribution in [3.05, 3.63) is 35.9 Å². The maximum absolute atomic E-state index is 3.23. The van der Waals surface area contributed by atoms with Crippen LogP contribution in [0.2, 0.25) is 0 Å². The molecule has 1 aromatic carbocycles. The molecule has 102 valence electrons. The van der Waals surface area contributed by atoms with Gasteiger partial charge in [0.25, 0.3) is 0 Å². The lowest BCUT2D eigenvalue weighted by Gasteiger charge is -2.21. The van der Waals surface area contributed by atoms with Crippen LogP contribution in [0.5, 0.6) is 0 Å². The summed E-state index contributed by atoms with van der Waals surface area (Å²) < 4.78 is 0. The van der Waals surface area contributed by atoms with Gasteiger partial charge in [-0.1, -0.05) is 37.3 Å². The first-order valence-corrected chi connectivity index (χ1v) is 7.09. The van der Waals surface area contributed by atoms with Gasteiger partial charge < -0.3 is 10.2 Å². The second kappa shape index (κ2) is 9.12. The van der Waals surface area contributed by atoms with E-state index < -0.39 is 0 Å². The Labute approximate surface area is 112 Å². The summed E-state index contributed by atoms with van der Waals surface area (Å²) in [7, 11) is 4.25. The number of hydrogen-bond donors (Lipinski definition) is 1. The summed E-state index contributed by atoms with van der Waals surface area (Å²) in [5.41, 5.74) is 1.46. The lowest BCUT2D eigenvalue weighted by atomic mass is 10.1. The molecular formula is C16H28N2. The van der Waals surface area contributed by atoms with Gasteiger partial charge in [-0.25, -0.2) is 0 Å². The van der Waals surface area contributed by atoms with Gasteiger partial charge in [0.15, 0.2) is 0 Å². The molecule has 18 heavy (non-hydrogen) atoms. The maximum atomic E-state index is 3.23. The van der Waals surface area contributed by atoms with Crippen LogP contribution in [-0.2, 0) is 6.42 Å². The second-order valence-electron chi connectivity index (χ2n) is 5.37. The molecule has 1 atom stereocenters. The number of nitrogens with one attached hydrogen (secondary N) is 1. The van der Waals surface area contributed by atoms with Crippen LogP contribution in [0.4, 0.5) is 0 Å². The third-order valence-electron chi connectivity index (χ3n) is 3.27. The number of benzene rings is 1. The lowest BCUT2D eigenvalue weighted by molar-refractivity contribution is 0.278. The molecule has 0 aliphatic heterocycles. The van der Waals surface area contributed by atoms with Gasteiger partial charge in [0.05, 0.1) is 0 Å². The Hall–Kier alpha value is -0.860. The minimum Gasteiger partial charge on any atom is -0.319 e. The molecule has 0 amide bonds. The summed E-state index contributed by atoms with van der Waals surface area (Å²) in [5.74, 6) is 0.731. The van der Waals surface area contributed by atoms with Crippen LogP contribution in [0, 0.1) is 5.92 Å². The molecule has 0 saturated carbocycles. The van der Waals surface area contributed by atoms with Gasteiger partial charge in [0, 0.05) is 6.54 Å². The largest absolute Gasteiger partial charge is 0.319 e. The van der Waals surface area contributed by atoms with Crippen molar-refractivity contribution in [3.63, 3.8) is 0 Å². The molecule has 1 rings (SSSR count). The Bertz CT molecular complexity index is 297. The number of nitrogens with zero attached hydrogens (tertiary/aromatic N) is 1. The van der Waals surface area contributed by atoms with Gasteiger partial charge in [-0.15, -0.1) is 0 Å². The van der Waals surface area contributed by atoms with E-state index in [1.54, 1.807) is 0 Å². The van der Waals surface area contributed by atoms with Gasteiger partial charge in [0.2, 0.25) is 0 Å². The number of rotatable bonds is 9. The van der Waals surface area contributed by atoms with E-state index in [2.05, 4.69) is 54.5 Å². The predicted octanol–water partition coefficient (Wildman–Crippen LogP) is 2.80. The standard InChI is InChI=1S/C16H28N2/c1-15(13-17-2)14-18(3)12-8-7-11-16-9-5-4-6-10-16/h4-6,9-10,15,17H,7-8,11-14H2,1-3H3.